The Morgan fingerprint density at radius 2 is 1.74 bits per heavy atom. The van der Waals surface area contributed by atoms with Gasteiger partial charge in [0, 0.05) is 5.41 Å². The van der Waals surface area contributed by atoms with Gasteiger partial charge in [-0.15, -0.1) is 0 Å². The van der Waals surface area contributed by atoms with E-state index >= 15 is 0 Å². The zero-order chi connectivity index (χ0) is 18.6. The number of aliphatic hydroxyl groups excluding tert-OH is 2. The second kappa shape index (κ2) is 6.74. The molecular weight excluding hydrogens is 332 g/mol. The van der Waals surface area contributed by atoms with Crippen LogP contribution in [0, 0.1) is 35.0 Å². The van der Waals surface area contributed by atoms with Crippen molar-refractivity contribution in [3.8, 4) is 0 Å². The Kier molecular flexibility index (Phi) is 4.48. The lowest BCUT2D eigenvalue weighted by Crippen LogP contribution is -2.48. The van der Waals surface area contributed by atoms with E-state index in [1.165, 1.54) is 36.8 Å². The third kappa shape index (κ3) is 3.00. The number of hydrogen-bond acceptors (Lipinski definition) is 2. The van der Waals surface area contributed by atoms with Crippen molar-refractivity contribution in [3.05, 3.63) is 41.5 Å². The molecule has 4 fully saturated rings. The fourth-order valence-corrected chi connectivity index (χ4v) is 7.42. The second-order valence-electron chi connectivity index (χ2n) is 10.3. The molecule has 0 radical (unpaired) electrons. The van der Waals surface area contributed by atoms with Crippen molar-refractivity contribution >= 4 is 6.08 Å². The monoisotopic (exact) mass is 366 g/mol. The Morgan fingerprint density at radius 1 is 0.926 bits per heavy atom. The molecule has 0 amide bonds. The lowest BCUT2D eigenvalue weighted by molar-refractivity contribution is -0.0766. The van der Waals surface area contributed by atoms with Crippen LogP contribution in [0.3, 0.4) is 0 Å². The summed E-state index contributed by atoms with van der Waals surface area (Å²) in [6.07, 6.45) is 11.4. The molecule has 0 heterocycles. The first-order chi connectivity index (χ1) is 13.0. The predicted octanol–water partition coefficient (Wildman–Crippen LogP) is 5.05. The molecule has 0 saturated heterocycles. The molecule has 0 aliphatic heterocycles. The number of benzene rings is 1. The van der Waals surface area contributed by atoms with Gasteiger partial charge in [0.15, 0.2) is 0 Å². The molecule has 2 N–H and O–H groups in total. The van der Waals surface area contributed by atoms with E-state index in [1.54, 1.807) is 0 Å². The molecule has 1 aromatic rings. The molecule has 0 aromatic heterocycles. The van der Waals surface area contributed by atoms with Gasteiger partial charge in [-0.25, -0.2) is 0 Å². The van der Waals surface area contributed by atoms with Crippen LogP contribution in [-0.4, -0.2) is 22.4 Å². The molecule has 0 spiro atoms. The average molecular weight is 367 g/mol. The zero-order valence-corrected chi connectivity index (χ0v) is 16.6. The fraction of sp³-hybridized carbons (Fsp3) is 0.680. The van der Waals surface area contributed by atoms with Crippen LogP contribution in [0.15, 0.2) is 35.9 Å². The first kappa shape index (κ1) is 17.9. The molecule has 2 nitrogen and oxygen atoms in total. The van der Waals surface area contributed by atoms with E-state index in [4.69, 9.17) is 0 Å². The molecule has 4 aliphatic carbocycles. The molecule has 4 saturated carbocycles. The summed E-state index contributed by atoms with van der Waals surface area (Å²) in [7, 11) is 0. The summed E-state index contributed by atoms with van der Waals surface area (Å²) in [5.74, 6) is 3.80. The maximum absolute atomic E-state index is 11.3. The van der Waals surface area contributed by atoms with Gasteiger partial charge >= 0.3 is 0 Å². The second-order valence-corrected chi connectivity index (χ2v) is 10.3. The fourth-order valence-electron chi connectivity index (χ4n) is 7.42. The van der Waals surface area contributed by atoms with Gasteiger partial charge in [0.1, 0.15) is 0 Å². The summed E-state index contributed by atoms with van der Waals surface area (Å²) in [5.41, 5.74) is 2.54. The molecular formula is C25H34O2. The van der Waals surface area contributed by atoms with Crippen LogP contribution >= 0.6 is 0 Å². The summed E-state index contributed by atoms with van der Waals surface area (Å²) in [4.78, 5) is 0. The van der Waals surface area contributed by atoms with Crippen molar-refractivity contribution in [2.24, 2.45) is 35.0 Å². The van der Waals surface area contributed by atoms with E-state index in [0.29, 0.717) is 5.92 Å². The Bertz CT molecular complexity index is 710. The van der Waals surface area contributed by atoms with Crippen molar-refractivity contribution in [3.63, 3.8) is 0 Å². The maximum atomic E-state index is 11.3. The van der Waals surface area contributed by atoms with Gasteiger partial charge in [0.05, 0.1) is 12.2 Å². The Labute approximate surface area is 163 Å². The number of fused-ring (bicyclic) bond motifs is 4. The van der Waals surface area contributed by atoms with Gasteiger partial charge in [-0.1, -0.05) is 43.3 Å². The van der Waals surface area contributed by atoms with Gasteiger partial charge in [-0.2, -0.15) is 0 Å². The van der Waals surface area contributed by atoms with Crippen molar-refractivity contribution in [2.75, 3.05) is 0 Å². The first-order valence-electron chi connectivity index (χ1n) is 11.2. The molecule has 0 bridgehead atoms. The zero-order valence-electron chi connectivity index (χ0n) is 16.6. The summed E-state index contributed by atoms with van der Waals surface area (Å²) in [6, 6.07) is 10.5. The lowest BCUT2D eigenvalue weighted by Gasteiger charge is -2.54. The highest BCUT2D eigenvalue weighted by Gasteiger charge is 2.57. The molecule has 4 aliphatic rings. The highest BCUT2D eigenvalue weighted by Crippen LogP contribution is 2.63. The normalized spacial score (nSPS) is 48.0. The van der Waals surface area contributed by atoms with Crippen LogP contribution in [0.5, 0.6) is 0 Å². The lowest BCUT2D eigenvalue weighted by atomic mass is 9.52. The topological polar surface area (TPSA) is 40.5 Å². The molecule has 1 aromatic carbocycles. The van der Waals surface area contributed by atoms with E-state index < -0.39 is 0 Å². The van der Waals surface area contributed by atoms with E-state index in [-0.39, 0.29) is 17.6 Å². The van der Waals surface area contributed by atoms with Crippen LogP contribution in [0.1, 0.15) is 63.9 Å². The smallest absolute Gasteiger partial charge is 0.0809 e. The molecule has 5 rings (SSSR count). The molecule has 0 unspecified atom stereocenters. The van der Waals surface area contributed by atoms with E-state index in [2.05, 4.69) is 43.3 Å². The highest BCUT2D eigenvalue weighted by molar-refractivity contribution is 5.55. The molecule has 2 heteroatoms. The summed E-state index contributed by atoms with van der Waals surface area (Å²) >= 11 is 0. The Balaban J connectivity index is 1.40. The summed E-state index contributed by atoms with van der Waals surface area (Å²) in [6.45, 7) is 2.36. The van der Waals surface area contributed by atoms with Gasteiger partial charge < -0.3 is 10.2 Å². The maximum Gasteiger partial charge on any atom is 0.0809 e. The Morgan fingerprint density at radius 3 is 2.56 bits per heavy atom. The first-order valence-corrected chi connectivity index (χ1v) is 11.2. The molecule has 8 atom stereocenters. The van der Waals surface area contributed by atoms with Gasteiger partial charge in [-0.05, 0) is 92.1 Å². The standard InChI is InChI=1S/C25H34O2/c1-25-10-9-18-12-19-13-21(26)8-7-17(19)14-22(18)23(25)15-20(24(25)27)11-16-5-3-2-4-6-16/h2-6,11,17-19,21-24,26-27H,7-10,12-15H2,1H3/t17-,18+,19+,21-,22+,23-,24-,25-/m1/s1. The minimum Gasteiger partial charge on any atom is -0.393 e. The minimum absolute atomic E-state index is 0.0506. The largest absolute Gasteiger partial charge is 0.393 e. The highest BCUT2D eigenvalue weighted by atomic mass is 16.3. The summed E-state index contributed by atoms with van der Waals surface area (Å²) in [5, 5.41) is 21.4. The van der Waals surface area contributed by atoms with Crippen molar-refractivity contribution in [1.82, 2.24) is 0 Å². The van der Waals surface area contributed by atoms with Crippen LogP contribution in [-0.2, 0) is 0 Å². The number of rotatable bonds is 1. The third-order valence-electron chi connectivity index (χ3n) is 8.90. The number of hydrogen-bond donors (Lipinski definition) is 2. The van der Waals surface area contributed by atoms with Gasteiger partial charge in [-0.3, -0.25) is 0 Å². The molecule has 146 valence electrons. The quantitative estimate of drug-likeness (QED) is 0.730. The van der Waals surface area contributed by atoms with E-state index in [0.717, 1.165) is 49.4 Å². The van der Waals surface area contributed by atoms with Crippen LogP contribution < -0.4 is 0 Å². The molecule has 27 heavy (non-hydrogen) atoms. The van der Waals surface area contributed by atoms with Gasteiger partial charge in [0.25, 0.3) is 0 Å². The Hall–Kier alpha value is -1.12. The number of aliphatic hydroxyl groups is 2. The summed E-state index contributed by atoms with van der Waals surface area (Å²) < 4.78 is 0. The van der Waals surface area contributed by atoms with Gasteiger partial charge in [0.2, 0.25) is 0 Å². The van der Waals surface area contributed by atoms with E-state index in [9.17, 15) is 10.2 Å². The van der Waals surface area contributed by atoms with Crippen LogP contribution in [0.4, 0.5) is 0 Å². The average Bonchev–Trinajstić information content (AvgIpc) is 2.93. The minimum atomic E-state index is -0.283. The predicted molar refractivity (Wildman–Crippen MR) is 109 cm³/mol. The van der Waals surface area contributed by atoms with Crippen molar-refractivity contribution in [2.45, 2.75) is 70.5 Å². The van der Waals surface area contributed by atoms with Crippen molar-refractivity contribution < 1.29 is 10.2 Å². The SMILES string of the molecule is C[C@@]12CC[C@H]3C[C@H]4C[C@H](O)CC[C@@H]4C[C@@H]3[C@H]1CC(=Cc1ccccc1)[C@H]2O. The van der Waals surface area contributed by atoms with Crippen LogP contribution in [0.25, 0.3) is 6.08 Å². The van der Waals surface area contributed by atoms with Crippen LogP contribution in [0.2, 0.25) is 0 Å². The van der Waals surface area contributed by atoms with Crippen molar-refractivity contribution in [1.29, 1.82) is 0 Å². The third-order valence-corrected chi connectivity index (χ3v) is 8.90. The van der Waals surface area contributed by atoms with E-state index in [1.807, 2.05) is 0 Å².